The van der Waals surface area contributed by atoms with Crippen LogP contribution in [0, 0.1) is 13.8 Å². The maximum Gasteiger partial charge on any atom is 0.0960 e. The standard InChI is InChI=1S/C13H16BrN3/c1-9-4-5-10(2)12(6-9)7-17-8-13(11(3)14)15-16-17/h4-6,8,11H,7H2,1-3H3. The molecule has 0 N–H and O–H groups in total. The van der Waals surface area contributed by atoms with Crippen LogP contribution in [0.15, 0.2) is 24.4 Å². The van der Waals surface area contributed by atoms with Gasteiger partial charge < -0.3 is 0 Å². The van der Waals surface area contributed by atoms with Crippen LogP contribution >= 0.6 is 15.9 Å². The molecule has 2 rings (SSSR count). The molecular formula is C13H16BrN3. The molecule has 4 heteroatoms. The molecule has 1 heterocycles. The first-order valence-electron chi connectivity index (χ1n) is 5.66. The van der Waals surface area contributed by atoms with Crippen LogP contribution in [-0.4, -0.2) is 15.0 Å². The number of nitrogens with zero attached hydrogens (tertiary/aromatic N) is 3. The highest BCUT2D eigenvalue weighted by Gasteiger charge is 2.07. The fourth-order valence-corrected chi connectivity index (χ4v) is 1.93. The third-order valence-corrected chi connectivity index (χ3v) is 3.27. The van der Waals surface area contributed by atoms with E-state index < -0.39 is 0 Å². The summed E-state index contributed by atoms with van der Waals surface area (Å²) in [5.41, 5.74) is 4.83. The molecule has 0 aliphatic rings. The van der Waals surface area contributed by atoms with Crippen molar-refractivity contribution in [1.82, 2.24) is 15.0 Å². The average molecular weight is 294 g/mol. The van der Waals surface area contributed by atoms with Gasteiger partial charge in [0.05, 0.1) is 17.1 Å². The molecule has 1 aromatic heterocycles. The molecule has 0 saturated heterocycles. The molecule has 0 aliphatic carbocycles. The zero-order valence-electron chi connectivity index (χ0n) is 10.3. The summed E-state index contributed by atoms with van der Waals surface area (Å²) in [5.74, 6) is 0. The van der Waals surface area contributed by atoms with Crippen molar-refractivity contribution in [2.75, 3.05) is 0 Å². The van der Waals surface area contributed by atoms with Crippen LogP contribution in [0.4, 0.5) is 0 Å². The van der Waals surface area contributed by atoms with E-state index in [-0.39, 0.29) is 4.83 Å². The van der Waals surface area contributed by atoms with Crippen LogP contribution in [-0.2, 0) is 6.54 Å². The molecule has 0 radical (unpaired) electrons. The maximum absolute atomic E-state index is 4.14. The third-order valence-electron chi connectivity index (χ3n) is 2.80. The lowest BCUT2D eigenvalue weighted by Crippen LogP contribution is -2.02. The molecule has 0 aliphatic heterocycles. The van der Waals surface area contributed by atoms with Crippen LogP contribution < -0.4 is 0 Å². The first-order valence-corrected chi connectivity index (χ1v) is 6.58. The summed E-state index contributed by atoms with van der Waals surface area (Å²) in [7, 11) is 0. The molecule has 90 valence electrons. The molecule has 0 spiro atoms. The molecule has 0 amide bonds. The van der Waals surface area contributed by atoms with Crippen molar-refractivity contribution in [3.63, 3.8) is 0 Å². The van der Waals surface area contributed by atoms with E-state index in [2.05, 4.69) is 58.3 Å². The summed E-state index contributed by atoms with van der Waals surface area (Å²) < 4.78 is 1.88. The van der Waals surface area contributed by atoms with E-state index in [9.17, 15) is 0 Å². The van der Waals surface area contributed by atoms with Gasteiger partial charge >= 0.3 is 0 Å². The van der Waals surface area contributed by atoms with Gasteiger partial charge in [0, 0.05) is 6.20 Å². The van der Waals surface area contributed by atoms with Crippen molar-refractivity contribution in [2.24, 2.45) is 0 Å². The van der Waals surface area contributed by atoms with Gasteiger partial charge in [0.25, 0.3) is 0 Å². The minimum atomic E-state index is 0.245. The molecule has 17 heavy (non-hydrogen) atoms. The minimum absolute atomic E-state index is 0.245. The molecule has 0 saturated carbocycles. The van der Waals surface area contributed by atoms with E-state index in [4.69, 9.17) is 0 Å². The van der Waals surface area contributed by atoms with E-state index in [1.165, 1.54) is 16.7 Å². The fourth-order valence-electron chi connectivity index (χ4n) is 1.72. The lowest BCUT2D eigenvalue weighted by molar-refractivity contribution is 0.647. The van der Waals surface area contributed by atoms with Crippen LogP contribution in [0.2, 0.25) is 0 Å². The Morgan fingerprint density at radius 3 is 2.76 bits per heavy atom. The number of hydrogen-bond donors (Lipinski definition) is 0. The van der Waals surface area contributed by atoms with Crippen LogP contribution in [0.1, 0.15) is 34.1 Å². The normalized spacial score (nSPS) is 12.7. The van der Waals surface area contributed by atoms with Gasteiger partial charge in [0.1, 0.15) is 0 Å². The Morgan fingerprint density at radius 2 is 2.12 bits per heavy atom. The second-order valence-electron chi connectivity index (χ2n) is 4.39. The molecule has 3 nitrogen and oxygen atoms in total. The first-order chi connectivity index (χ1) is 8.06. The van der Waals surface area contributed by atoms with Crippen molar-refractivity contribution < 1.29 is 0 Å². The molecular weight excluding hydrogens is 278 g/mol. The lowest BCUT2D eigenvalue weighted by atomic mass is 10.1. The molecule has 2 aromatic rings. The van der Waals surface area contributed by atoms with Crippen LogP contribution in [0.25, 0.3) is 0 Å². The number of alkyl halides is 1. The van der Waals surface area contributed by atoms with Gasteiger partial charge in [0.2, 0.25) is 0 Å². The first kappa shape index (κ1) is 12.3. The van der Waals surface area contributed by atoms with Gasteiger partial charge in [0.15, 0.2) is 0 Å². The number of rotatable bonds is 3. The van der Waals surface area contributed by atoms with Gasteiger partial charge in [-0.2, -0.15) is 0 Å². The second kappa shape index (κ2) is 5.00. The predicted octanol–water partition coefficient (Wildman–Crippen LogP) is 3.40. The monoisotopic (exact) mass is 293 g/mol. The van der Waals surface area contributed by atoms with Gasteiger partial charge in [-0.25, -0.2) is 4.68 Å². The van der Waals surface area contributed by atoms with Gasteiger partial charge in [-0.3, -0.25) is 0 Å². The molecule has 1 unspecified atom stereocenters. The van der Waals surface area contributed by atoms with Crippen molar-refractivity contribution in [2.45, 2.75) is 32.1 Å². The molecule has 1 aromatic carbocycles. The Balaban J connectivity index is 2.22. The second-order valence-corrected chi connectivity index (χ2v) is 5.76. The highest BCUT2D eigenvalue weighted by molar-refractivity contribution is 9.09. The Morgan fingerprint density at radius 1 is 1.35 bits per heavy atom. The highest BCUT2D eigenvalue weighted by Crippen LogP contribution is 2.19. The highest BCUT2D eigenvalue weighted by atomic mass is 79.9. The zero-order valence-corrected chi connectivity index (χ0v) is 11.9. The van der Waals surface area contributed by atoms with Crippen molar-refractivity contribution in [1.29, 1.82) is 0 Å². The van der Waals surface area contributed by atoms with Gasteiger partial charge in [-0.15, -0.1) is 5.10 Å². The fraction of sp³-hybridized carbons (Fsp3) is 0.385. The SMILES string of the molecule is Cc1ccc(C)c(Cn2cc(C(C)Br)nn2)c1. The minimum Gasteiger partial charge on any atom is -0.248 e. The summed E-state index contributed by atoms with van der Waals surface area (Å²) in [5, 5.41) is 8.27. The summed E-state index contributed by atoms with van der Waals surface area (Å²) >= 11 is 3.49. The average Bonchev–Trinajstić information content (AvgIpc) is 2.72. The number of hydrogen-bond acceptors (Lipinski definition) is 2. The number of aryl methyl sites for hydroxylation is 2. The lowest BCUT2D eigenvalue weighted by Gasteiger charge is -2.06. The van der Waals surface area contributed by atoms with E-state index >= 15 is 0 Å². The smallest absolute Gasteiger partial charge is 0.0960 e. The molecule has 0 fully saturated rings. The van der Waals surface area contributed by atoms with E-state index in [1.807, 2.05) is 17.8 Å². The zero-order chi connectivity index (χ0) is 12.4. The Bertz CT molecular complexity index is 517. The van der Waals surface area contributed by atoms with Crippen LogP contribution in [0.5, 0.6) is 0 Å². The molecule has 1 atom stereocenters. The van der Waals surface area contributed by atoms with E-state index in [0.29, 0.717) is 0 Å². The summed E-state index contributed by atoms with van der Waals surface area (Å²) in [6, 6.07) is 6.48. The van der Waals surface area contributed by atoms with Crippen LogP contribution in [0.3, 0.4) is 0 Å². The van der Waals surface area contributed by atoms with Gasteiger partial charge in [-0.05, 0) is 31.9 Å². The molecule has 0 bridgehead atoms. The predicted molar refractivity (Wildman–Crippen MR) is 72.4 cm³/mol. The Hall–Kier alpha value is -1.16. The van der Waals surface area contributed by atoms with E-state index in [1.54, 1.807) is 0 Å². The Kier molecular flexibility index (Phi) is 3.62. The quantitative estimate of drug-likeness (QED) is 0.812. The Labute approximate surface area is 110 Å². The third kappa shape index (κ3) is 2.94. The summed E-state index contributed by atoms with van der Waals surface area (Å²) in [6.07, 6.45) is 1.99. The van der Waals surface area contributed by atoms with Gasteiger partial charge in [-0.1, -0.05) is 44.9 Å². The maximum atomic E-state index is 4.14. The number of aromatic nitrogens is 3. The van der Waals surface area contributed by atoms with Crippen molar-refractivity contribution in [3.8, 4) is 0 Å². The summed E-state index contributed by atoms with van der Waals surface area (Å²) in [6.45, 7) is 7.06. The van der Waals surface area contributed by atoms with Crippen molar-refractivity contribution >= 4 is 15.9 Å². The summed E-state index contributed by atoms with van der Waals surface area (Å²) in [4.78, 5) is 0.245. The topological polar surface area (TPSA) is 30.7 Å². The number of halogens is 1. The number of benzene rings is 1. The van der Waals surface area contributed by atoms with E-state index in [0.717, 1.165) is 12.2 Å². The largest absolute Gasteiger partial charge is 0.248 e. The van der Waals surface area contributed by atoms with Crippen molar-refractivity contribution in [3.05, 3.63) is 46.8 Å².